The predicted molar refractivity (Wildman–Crippen MR) is 49.7 cm³/mol. The maximum atomic E-state index is 3.53. The normalized spacial score (nSPS) is 17.7. The fraction of sp³-hybridized carbons (Fsp3) is 1.00. The molecule has 0 aromatic heterocycles. The summed E-state index contributed by atoms with van der Waals surface area (Å²) in [4.78, 5) is 0. The van der Waals surface area contributed by atoms with Gasteiger partial charge in [-0.1, -0.05) is 26.7 Å². The first kappa shape index (κ1) is 9.05. The molecule has 11 heavy (non-hydrogen) atoms. The van der Waals surface area contributed by atoms with Crippen molar-refractivity contribution >= 4 is 0 Å². The summed E-state index contributed by atoms with van der Waals surface area (Å²) in [5.74, 6) is 0.885. The van der Waals surface area contributed by atoms with Crippen LogP contribution in [0.2, 0.25) is 0 Å². The summed E-state index contributed by atoms with van der Waals surface area (Å²) in [7, 11) is 0. The van der Waals surface area contributed by atoms with Crippen LogP contribution in [0, 0.1) is 5.92 Å². The third-order valence-electron chi connectivity index (χ3n) is 2.22. The SMILES string of the molecule is CC(C)CCCCNC1CC1. The van der Waals surface area contributed by atoms with E-state index in [0.29, 0.717) is 0 Å². The molecule has 1 aliphatic carbocycles. The van der Waals surface area contributed by atoms with Gasteiger partial charge in [0.2, 0.25) is 0 Å². The molecule has 0 aromatic rings. The molecule has 0 aromatic carbocycles. The molecule has 0 saturated heterocycles. The molecule has 0 bridgehead atoms. The summed E-state index contributed by atoms with van der Waals surface area (Å²) in [6.07, 6.45) is 7.01. The Morgan fingerprint density at radius 1 is 1.27 bits per heavy atom. The molecule has 0 atom stereocenters. The minimum absolute atomic E-state index is 0.885. The van der Waals surface area contributed by atoms with Crippen molar-refractivity contribution in [3.63, 3.8) is 0 Å². The van der Waals surface area contributed by atoms with E-state index in [1.165, 1.54) is 38.6 Å². The lowest BCUT2D eigenvalue weighted by Gasteiger charge is -2.04. The summed E-state index contributed by atoms with van der Waals surface area (Å²) in [5, 5.41) is 3.53. The summed E-state index contributed by atoms with van der Waals surface area (Å²) >= 11 is 0. The lowest BCUT2D eigenvalue weighted by Crippen LogP contribution is -2.17. The van der Waals surface area contributed by atoms with Gasteiger partial charge in [-0.3, -0.25) is 0 Å². The minimum atomic E-state index is 0.885. The van der Waals surface area contributed by atoms with Crippen LogP contribution in [0.15, 0.2) is 0 Å². The van der Waals surface area contributed by atoms with Crippen LogP contribution in [-0.4, -0.2) is 12.6 Å². The standard InChI is InChI=1S/C10H21N/c1-9(2)5-3-4-8-11-10-6-7-10/h9-11H,3-8H2,1-2H3. The molecule has 0 aliphatic heterocycles. The van der Waals surface area contributed by atoms with Gasteiger partial charge in [-0.15, -0.1) is 0 Å². The fourth-order valence-electron chi connectivity index (χ4n) is 1.27. The second-order valence-electron chi connectivity index (χ2n) is 4.12. The number of hydrogen-bond donors (Lipinski definition) is 1. The lowest BCUT2D eigenvalue weighted by molar-refractivity contribution is 0.520. The van der Waals surface area contributed by atoms with Crippen LogP contribution in [0.1, 0.15) is 46.0 Å². The second-order valence-corrected chi connectivity index (χ2v) is 4.12. The highest BCUT2D eigenvalue weighted by Gasteiger charge is 2.19. The summed E-state index contributed by atoms with van der Waals surface area (Å²) < 4.78 is 0. The molecule has 1 nitrogen and oxygen atoms in total. The summed E-state index contributed by atoms with van der Waals surface area (Å²) in [6.45, 7) is 5.85. The van der Waals surface area contributed by atoms with Crippen molar-refractivity contribution in [2.45, 2.75) is 52.0 Å². The Labute approximate surface area is 70.6 Å². The smallest absolute Gasteiger partial charge is 0.00682 e. The Morgan fingerprint density at radius 3 is 2.55 bits per heavy atom. The maximum Gasteiger partial charge on any atom is 0.00682 e. The van der Waals surface area contributed by atoms with Crippen LogP contribution in [0.3, 0.4) is 0 Å². The molecule has 0 heterocycles. The molecular weight excluding hydrogens is 134 g/mol. The van der Waals surface area contributed by atoms with Crippen LogP contribution in [-0.2, 0) is 0 Å². The van der Waals surface area contributed by atoms with Gasteiger partial charge < -0.3 is 5.32 Å². The zero-order valence-electron chi connectivity index (χ0n) is 7.90. The molecule has 0 amide bonds. The van der Waals surface area contributed by atoms with E-state index in [4.69, 9.17) is 0 Å². The molecule has 1 heteroatoms. The fourth-order valence-corrected chi connectivity index (χ4v) is 1.27. The first-order chi connectivity index (χ1) is 5.29. The van der Waals surface area contributed by atoms with E-state index in [2.05, 4.69) is 19.2 Å². The lowest BCUT2D eigenvalue weighted by atomic mass is 10.1. The first-order valence-corrected chi connectivity index (χ1v) is 5.02. The summed E-state index contributed by atoms with van der Waals surface area (Å²) in [5.41, 5.74) is 0. The highest BCUT2D eigenvalue weighted by atomic mass is 14.9. The average molecular weight is 155 g/mol. The quantitative estimate of drug-likeness (QED) is 0.581. The van der Waals surface area contributed by atoms with Gasteiger partial charge >= 0.3 is 0 Å². The highest BCUT2D eigenvalue weighted by molar-refractivity contribution is 4.80. The summed E-state index contributed by atoms with van der Waals surface area (Å²) in [6, 6.07) is 0.897. The van der Waals surface area contributed by atoms with Crippen molar-refractivity contribution in [2.75, 3.05) is 6.54 Å². The predicted octanol–water partition coefficient (Wildman–Crippen LogP) is 2.56. The van der Waals surface area contributed by atoms with E-state index in [0.717, 1.165) is 12.0 Å². The van der Waals surface area contributed by atoms with Gasteiger partial charge in [0.25, 0.3) is 0 Å². The third kappa shape index (κ3) is 5.25. The zero-order valence-corrected chi connectivity index (χ0v) is 7.90. The van der Waals surface area contributed by atoms with Gasteiger partial charge in [-0.2, -0.15) is 0 Å². The van der Waals surface area contributed by atoms with Gasteiger partial charge in [-0.05, 0) is 31.7 Å². The van der Waals surface area contributed by atoms with Crippen molar-refractivity contribution in [3.05, 3.63) is 0 Å². The Bertz CT molecular complexity index is 91.0. The first-order valence-electron chi connectivity index (χ1n) is 5.02. The molecule has 1 rings (SSSR count). The molecule has 1 N–H and O–H groups in total. The molecule has 1 saturated carbocycles. The number of unbranched alkanes of at least 4 members (excludes halogenated alkanes) is 1. The topological polar surface area (TPSA) is 12.0 Å². The van der Waals surface area contributed by atoms with Gasteiger partial charge in [0.15, 0.2) is 0 Å². The van der Waals surface area contributed by atoms with E-state index in [-0.39, 0.29) is 0 Å². The van der Waals surface area contributed by atoms with Gasteiger partial charge in [0.05, 0.1) is 0 Å². The van der Waals surface area contributed by atoms with E-state index < -0.39 is 0 Å². The van der Waals surface area contributed by atoms with Crippen molar-refractivity contribution < 1.29 is 0 Å². The minimum Gasteiger partial charge on any atom is -0.314 e. The van der Waals surface area contributed by atoms with Crippen molar-refractivity contribution in [1.29, 1.82) is 0 Å². The molecule has 0 radical (unpaired) electrons. The van der Waals surface area contributed by atoms with Gasteiger partial charge in [0.1, 0.15) is 0 Å². The Balaban J connectivity index is 1.73. The highest BCUT2D eigenvalue weighted by Crippen LogP contribution is 2.18. The van der Waals surface area contributed by atoms with Crippen molar-refractivity contribution in [2.24, 2.45) is 5.92 Å². The molecule has 1 fully saturated rings. The van der Waals surface area contributed by atoms with Crippen LogP contribution in [0.4, 0.5) is 0 Å². The van der Waals surface area contributed by atoms with Gasteiger partial charge in [0, 0.05) is 6.04 Å². The molecular formula is C10H21N. The van der Waals surface area contributed by atoms with E-state index in [9.17, 15) is 0 Å². The molecule has 0 unspecified atom stereocenters. The van der Waals surface area contributed by atoms with E-state index in [1.54, 1.807) is 0 Å². The zero-order chi connectivity index (χ0) is 8.10. The van der Waals surface area contributed by atoms with Crippen molar-refractivity contribution in [3.8, 4) is 0 Å². The molecule has 66 valence electrons. The van der Waals surface area contributed by atoms with Gasteiger partial charge in [-0.25, -0.2) is 0 Å². The Kier molecular flexibility index (Phi) is 3.92. The number of rotatable bonds is 6. The number of nitrogens with one attached hydrogen (secondary N) is 1. The maximum absolute atomic E-state index is 3.53. The third-order valence-corrected chi connectivity index (χ3v) is 2.22. The van der Waals surface area contributed by atoms with Crippen LogP contribution < -0.4 is 5.32 Å². The van der Waals surface area contributed by atoms with Crippen LogP contribution >= 0.6 is 0 Å². The Morgan fingerprint density at radius 2 is 2.00 bits per heavy atom. The second kappa shape index (κ2) is 4.76. The van der Waals surface area contributed by atoms with E-state index in [1.807, 2.05) is 0 Å². The number of hydrogen-bond acceptors (Lipinski definition) is 1. The van der Waals surface area contributed by atoms with Crippen molar-refractivity contribution in [1.82, 2.24) is 5.32 Å². The monoisotopic (exact) mass is 155 g/mol. The average Bonchev–Trinajstić information content (AvgIpc) is 2.70. The van der Waals surface area contributed by atoms with E-state index >= 15 is 0 Å². The van der Waals surface area contributed by atoms with Crippen LogP contribution in [0.5, 0.6) is 0 Å². The largest absolute Gasteiger partial charge is 0.314 e. The van der Waals surface area contributed by atoms with Crippen LogP contribution in [0.25, 0.3) is 0 Å². The molecule has 0 spiro atoms. The Hall–Kier alpha value is -0.0400. The molecule has 1 aliphatic rings.